The fourth-order valence-electron chi connectivity index (χ4n) is 4.06. The average Bonchev–Trinajstić information content (AvgIpc) is 3.20. The molecular formula is C24H28BrN3O4S. The molecule has 4 rings (SSSR count). The SMILES string of the molecule is CCOC(=O)c1c(CSc2cccc(OC)c2)nc2c(O)c(CN3CCCCC3)c(Br)cn12. The number of imidazole rings is 1. The van der Waals surface area contributed by atoms with Crippen LogP contribution in [0.5, 0.6) is 11.5 Å². The van der Waals surface area contributed by atoms with E-state index in [9.17, 15) is 9.90 Å². The lowest BCUT2D eigenvalue weighted by atomic mass is 10.1. The number of fused-ring (bicyclic) bond motifs is 1. The number of halogens is 1. The van der Waals surface area contributed by atoms with E-state index in [1.807, 2.05) is 30.5 Å². The lowest BCUT2D eigenvalue weighted by Crippen LogP contribution is -2.29. The number of likely N-dealkylation sites (tertiary alicyclic amines) is 1. The van der Waals surface area contributed by atoms with Crippen LogP contribution in [-0.4, -0.2) is 52.2 Å². The third-order valence-corrected chi connectivity index (χ3v) is 7.42. The number of carbonyl (C=O) groups is 1. The lowest BCUT2D eigenvalue weighted by molar-refractivity contribution is 0.0517. The minimum Gasteiger partial charge on any atom is -0.504 e. The Morgan fingerprint density at radius 3 is 2.79 bits per heavy atom. The van der Waals surface area contributed by atoms with Gasteiger partial charge >= 0.3 is 5.97 Å². The number of aromatic hydroxyl groups is 1. The molecule has 1 N–H and O–H groups in total. The van der Waals surface area contributed by atoms with Crippen LogP contribution in [0.1, 0.15) is 47.9 Å². The van der Waals surface area contributed by atoms with Crippen molar-refractivity contribution in [1.82, 2.24) is 14.3 Å². The quantitative estimate of drug-likeness (QED) is 0.312. The number of hydrogen-bond acceptors (Lipinski definition) is 7. The Labute approximate surface area is 206 Å². The van der Waals surface area contributed by atoms with Crippen molar-refractivity contribution >= 4 is 39.3 Å². The molecule has 0 amide bonds. The molecule has 0 spiro atoms. The van der Waals surface area contributed by atoms with Crippen molar-refractivity contribution in [3.8, 4) is 11.5 Å². The van der Waals surface area contributed by atoms with Crippen molar-refractivity contribution < 1.29 is 19.4 Å². The van der Waals surface area contributed by atoms with Crippen LogP contribution in [0, 0.1) is 0 Å². The van der Waals surface area contributed by atoms with Gasteiger partial charge in [0.05, 0.1) is 19.4 Å². The lowest BCUT2D eigenvalue weighted by Gasteiger charge is -2.27. The van der Waals surface area contributed by atoms with Crippen LogP contribution in [0.4, 0.5) is 0 Å². The zero-order chi connectivity index (χ0) is 23.4. The summed E-state index contributed by atoms with van der Waals surface area (Å²) >= 11 is 5.16. The van der Waals surface area contributed by atoms with Crippen LogP contribution in [0.2, 0.25) is 0 Å². The van der Waals surface area contributed by atoms with Crippen LogP contribution in [0.25, 0.3) is 5.65 Å². The second-order valence-corrected chi connectivity index (χ2v) is 9.83. The second-order valence-electron chi connectivity index (χ2n) is 7.93. The van der Waals surface area contributed by atoms with Crippen molar-refractivity contribution in [3.63, 3.8) is 0 Å². The van der Waals surface area contributed by atoms with E-state index in [4.69, 9.17) is 9.47 Å². The van der Waals surface area contributed by atoms with Crippen LogP contribution in [0.15, 0.2) is 39.8 Å². The summed E-state index contributed by atoms with van der Waals surface area (Å²) in [5.74, 6) is 0.852. The molecule has 2 aromatic heterocycles. The van der Waals surface area contributed by atoms with Gasteiger partial charge in [-0.3, -0.25) is 9.30 Å². The molecule has 1 aliphatic rings. The third kappa shape index (κ3) is 5.31. The van der Waals surface area contributed by atoms with Crippen LogP contribution in [-0.2, 0) is 17.0 Å². The average molecular weight is 534 g/mol. The van der Waals surface area contributed by atoms with Gasteiger partial charge in [-0.1, -0.05) is 12.5 Å². The number of methoxy groups -OCH3 is 1. The van der Waals surface area contributed by atoms with Gasteiger partial charge in [0.25, 0.3) is 0 Å². The molecule has 0 aliphatic carbocycles. The number of hydrogen-bond donors (Lipinski definition) is 1. The minimum atomic E-state index is -0.457. The summed E-state index contributed by atoms with van der Waals surface area (Å²) in [4.78, 5) is 20.9. The molecule has 1 fully saturated rings. The van der Waals surface area contributed by atoms with E-state index >= 15 is 0 Å². The molecule has 9 heteroatoms. The monoisotopic (exact) mass is 533 g/mol. The first-order valence-electron chi connectivity index (χ1n) is 11.1. The first-order chi connectivity index (χ1) is 16.0. The van der Waals surface area contributed by atoms with Crippen LogP contribution >= 0.6 is 27.7 Å². The Balaban J connectivity index is 1.70. The summed E-state index contributed by atoms with van der Waals surface area (Å²) in [6.45, 7) is 4.70. The van der Waals surface area contributed by atoms with Gasteiger partial charge in [-0.2, -0.15) is 0 Å². The van der Waals surface area contributed by atoms with Crippen molar-refractivity contribution in [2.75, 3.05) is 26.8 Å². The number of ether oxygens (including phenoxy) is 2. The number of esters is 1. The third-order valence-electron chi connectivity index (χ3n) is 5.73. The molecule has 0 unspecified atom stereocenters. The van der Waals surface area contributed by atoms with Gasteiger partial charge < -0.3 is 14.6 Å². The Bertz CT molecular complexity index is 1140. The molecule has 0 saturated carbocycles. The van der Waals surface area contributed by atoms with E-state index in [-0.39, 0.29) is 12.4 Å². The van der Waals surface area contributed by atoms with Gasteiger partial charge in [-0.25, -0.2) is 9.78 Å². The number of thioether (sulfide) groups is 1. The number of rotatable bonds is 8. The molecule has 1 saturated heterocycles. The maximum Gasteiger partial charge on any atom is 0.357 e. The molecule has 7 nitrogen and oxygen atoms in total. The zero-order valence-electron chi connectivity index (χ0n) is 18.8. The number of carbonyl (C=O) groups excluding carboxylic acids is 1. The van der Waals surface area contributed by atoms with E-state index in [2.05, 4.69) is 25.8 Å². The molecule has 1 aromatic carbocycles. The van der Waals surface area contributed by atoms with Crippen molar-refractivity contribution in [2.24, 2.45) is 0 Å². The van der Waals surface area contributed by atoms with Crippen molar-refractivity contribution in [3.05, 3.63) is 51.9 Å². The van der Waals surface area contributed by atoms with E-state index in [1.165, 1.54) is 19.3 Å². The molecular weight excluding hydrogens is 506 g/mol. The molecule has 176 valence electrons. The molecule has 0 atom stereocenters. The van der Waals surface area contributed by atoms with Crippen LogP contribution < -0.4 is 4.74 Å². The van der Waals surface area contributed by atoms with Crippen LogP contribution in [0.3, 0.4) is 0 Å². The van der Waals surface area contributed by atoms with Crippen molar-refractivity contribution in [2.45, 2.75) is 43.4 Å². The van der Waals surface area contributed by atoms with E-state index in [0.29, 0.717) is 29.3 Å². The number of aromatic nitrogens is 2. The van der Waals surface area contributed by atoms with Gasteiger partial charge in [-0.15, -0.1) is 11.8 Å². The highest BCUT2D eigenvalue weighted by Gasteiger charge is 2.25. The standard InChI is InChI=1S/C24H28BrN3O4S/c1-3-32-24(30)21-20(15-33-17-9-7-8-16(12-17)31-2)26-23-22(29)18(19(25)14-28(21)23)13-27-10-5-4-6-11-27/h7-9,12,14,29H,3-6,10-11,13,15H2,1-2H3. The smallest absolute Gasteiger partial charge is 0.357 e. The predicted octanol–water partition coefficient (Wildman–Crippen LogP) is 5.27. The van der Waals surface area contributed by atoms with Gasteiger partial charge in [0.15, 0.2) is 17.1 Å². The summed E-state index contributed by atoms with van der Waals surface area (Å²) < 4.78 is 13.0. The predicted molar refractivity (Wildman–Crippen MR) is 132 cm³/mol. The highest BCUT2D eigenvalue weighted by molar-refractivity contribution is 9.10. The maximum absolute atomic E-state index is 12.9. The van der Waals surface area contributed by atoms with Gasteiger partial charge in [0, 0.05) is 33.4 Å². The Hall–Kier alpha value is -2.23. The zero-order valence-corrected chi connectivity index (χ0v) is 21.2. The van der Waals surface area contributed by atoms with E-state index in [1.54, 1.807) is 30.2 Å². The number of pyridine rings is 1. The number of benzene rings is 1. The first-order valence-corrected chi connectivity index (χ1v) is 12.9. The second kappa shape index (κ2) is 10.8. The van der Waals surface area contributed by atoms with Gasteiger partial charge in [0.1, 0.15) is 5.75 Å². The summed E-state index contributed by atoms with van der Waals surface area (Å²) in [5.41, 5.74) is 2.06. The fraction of sp³-hybridized carbons (Fsp3) is 0.417. The summed E-state index contributed by atoms with van der Waals surface area (Å²) in [6.07, 6.45) is 5.40. The number of nitrogens with zero attached hydrogens (tertiary/aromatic N) is 3. The molecule has 3 heterocycles. The Morgan fingerprint density at radius 2 is 2.06 bits per heavy atom. The Kier molecular flexibility index (Phi) is 7.82. The molecule has 0 bridgehead atoms. The largest absolute Gasteiger partial charge is 0.504 e. The summed E-state index contributed by atoms with van der Waals surface area (Å²) in [5, 5.41) is 11.1. The maximum atomic E-state index is 12.9. The van der Waals surface area contributed by atoms with E-state index in [0.717, 1.165) is 33.8 Å². The Morgan fingerprint density at radius 1 is 1.27 bits per heavy atom. The first kappa shape index (κ1) is 23.9. The molecule has 33 heavy (non-hydrogen) atoms. The van der Waals surface area contributed by atoms with Gasteiger partial charge in [-0.05, 0) is 67.0 Å². The minimum absolute atomic E-state index is 0.0955. The van der Waals surface area contributed by atoms with Gasteiger partial charge in [0.2, 0.25) is 0 Å². The topological polar surface area (TPSA) is 76.3 Å². The molecule has 1 aliphatic heterocycles. The van der Waals surface area contributed by atoms with E-state index < -0.39 is 5.97 Å². The summed E-state index contributed by atoms with van der Waals surface area (Å²) in [7, 11) is 1.63. The number of piperidine rings is 1. The molecule has 3 aromatic rings. The van der Waals surface area contributed by atoms with Crippen molar-refractivity contribution in [1.29, 1.82) is 0 Å². The molecule has 0 radical (unpaired) electrons. The normalized spacial score (nSPS) is 14.5. The fourth-order valence-corrected chi connectivity index (χ4v) is 5.46. The highest BCUT2D eigenvalue weighted by atomic mass is 79.9. The summed E-state index contributed by atoms with van der Waals surface area (Å²) in [6, 6.07) is 7.73. The highest BCUT2D eigenvalue weighted by Crippen LogP contribution is 2.35.